The first-order valence-electron chi connectivity index (χ1n) is 17.8. The third kappa shape index (κ3) is 8.33. The van der Waals surface area contributed by atoms with Gasteiger partial charge in [-0.15, -0.1) is 0 Å². The third-order valence-electron chi connectivity index (χ3n) is 10.6. The highest BCUT2D eigenvalue weighted by molar-refractivity contribution is 6.04. The molecule has 48 heavy (non-hydrogen) atoms. The van der Waals surface area contributed by atoms with E-state index in [9.17, 15) is 19.2 Å². The first kappa shape index (κ1) is 35.3. The Balaban J connectivity index is 1.36. The second-order valence-corrected chi connectivity index (χ2v) is 14.1. The van der Waals surface area contributed by atoms with Crippen molar-refractivity contribution in [2.75, 3.05) is 18.4 Å². The highest BCUT2D eigenvalue weighted by Gasteiger charge is 2.34. The maximum Gasteiger partial charge on any atom is 0.270 e. The predicted octanol–water partition coefficient (Wildman–Crippen LogP) is 6.22. The molecule has 3 N–H and O–H groups in total. The highest BCUT2D eigenvalue weighted by atomic mass is 19.1. The molecule has 1 saturated heterocycles. The molecule has 0 unspecified atom stereocenters. The predicted molar refractivity (Wildman–Crippen MR) is 183 cm³/mol. The fraction of sp³-hybridized carbons (Fsp3) is 0.595. The van der Waals surface area contributed by atoms with Crippen LogP contribution in [0.3, 0.4) is 0 Å². The van der Waals surface area contributed by atoms with Crippen LogP contribution in [-0.4, -0.2) is 57.4 Å². The molecule has 260 valence electrons. The van der Waals surface area contributed by atoms with Gasteiger partial charge in [0.1, 0.15) is 23.3 Å². The Morgan fingerprint density at radius 1 is 0.938 bits per heavy atom. The lowest BCUT2D eigenvalue weighted by Crippen LogP contribution is -2.49. The molecule has 5 rings (SSSR count). The van der Waals surface area contributed by atoms with Gasteiger partial charge in [-0.05, 0) is 92.5 Å². The van der Waals surface area contributed by atoms with Gasteiger partial charge in [-0.2, -0.15) is 5.10 Å². The van der Waals surface area contributed by atoms with E-state index in [1.165, 1.54) is 12.1 Å². The van der Waals surface area contributed by atoms with Gasteiger partial charge in [0.05, 0.1) is 11.7 Å². The number of likely N-dealkylation sites (tertiary alicyclic amines) is 1. The van der Waals surface area contributed by atoms with Crippen molar-refractivity contribution in [1.82, 2.24) is 25.3 Å². The number of aromatic nitrogens is 2. The zero-order valence-corrected chi connectivity index (χ0v) is 28.8. The Morgan fingerprint density at radius 3 is 2.25 bits per heavy atom. The molecule has 2 heterocycles. The Kier molecular flexibility index (Phi) is 11.7. The third-order valence-corrected chi connectivity index (χ3v) is 10.6. The van der Waals surface area contributed by atoms with Gasteiger partial charge in [0.15, 0.2) is 0 Å². The van der Waals surface area contributed by atoms with E-state index in [2.05, 4.69) is 34.9 Å². The Bertz CT molecular complexity index is 1510. The number of carbonyl (C=O) groups excluding carboxylic acids is 4. The second kappa shape index (κ2) is 15.9. The molecule has 4 amide bonds. The molecule has 11 heteroatoms. The van der Waals surface area contributed by atoms with E-state index >= 15 is 4.39 Å². The van der Waals surface area contributed by atoms with Crippen LogP contribution in [0.15, 0.2) is 36.2 Å². The van der Waals surface area contributed by atoms with Crippen molar-refractivity contribution in [3.8, 4) is 0 Å². The lowest BCUT2D eigenvalue weighted by atomic mass is 9.79. The van der Waals surface area contributed by atoms with E-state index in [0.29, 0.717) is 41.8 Å². The van der Waals surface area contributed by atoms with Crippen molar-refractivity contribution in [2.45, 2.75) is 110 Å². The molecular formula is C37H51FN6O4. The van der Waals surface area contributed by atoms with Crippen LogP contribution in [0, 0.1) is 23.6 Å². The number of rotatable bonds is 10. The summed E-state index contributed by atoms with van der Waals surface area (Å²) in [7, 11) is 0. The number of piperidine rings is 1. The topological polar surface area (TPSA) is 125 Å². The molecule has 3 aliphatic rings. The first-order chi connectivity index (χ1) is 23.0. The van der Waals surface area contributed by atoms with Crippen LogP contribution in [-0.2, 0) is 14.4 Å². The van der Waals surface area contributed by atoms with E-state index in [0.717, 1.165) is 64.2 Å². The molecule has 1 atom stereocenters. The molecule has 0 bridgehead atoms. The summed E-state index contributed by atoms with van der Waals surface area (Å²) >= 11 is 0. The van der Waals surface area contributed by atoms with Crippen molar-refractivity contribution in [3.63, 3.8) is 0 Å². The van der Waals surface area contributed by atoms with Gasteiger partial charge in [-0.25, -0.2) is 4.39 Å². The fourth-order valence-electron chi connectivity index (χ4n) is 7.28. The average Bonchev–Trinajstić information content (AvgIpc) is 3.80. The highest BCUT2D eigenvalue weighted by Crippen LogP contribution is 2.33. The average molecular weight is 663 g/mol. The summed E-state index contributed by atoms with van der Waals surface area (Å²) in [6, 6.07) is 5.38. The van der Waals surface area contributed by atoms with E-state index in [-0.39, 0.29) is 47.5 Å². The van der Waals surface area contributed by atoms with Crippen molar-refractivity contribution >= 4 is 34.9 Å². The standard InChI is InChI=1S/C37H51FN6O4/c1-5-32(45)41-33(37(48)43-20-17-24(3)18-21-43)25(4)27-14-15-30(29(38)22-27)40-36(47)34(26-12-10-23(2)11-13-26)42-35(46)31-16-19-39-44(31)28-8-6-7-9-28/h14-16,19,22-24,26,28,34H,5-13,17-18,20-21H2,1-4H3,(H,40,47)(H,41,45)(H,42,46)/b33-25+/t23-,26-,34-/m0/s1. The van der Waals surface area contributed by atoms with E-state index in [1.807, 2.05) is 0 Å². The lowest BCUT2D eigenvalue weighted by Gasteiger charge is -2.32. The van der Waals surface area contributed by atoms with Gasteiger partial charge in [-0.3, -0.25) is 23.9 Å². The van der Waals surface area contributed by atoms with Crippen LogP contribution < -0.4 is 16.0 Å². The van der Waals surface area contributed by atoms with Crippen LogP contribution in [0.4, 0.5) is 10.1 Å². The summed E-state index contributed by atoms with van der Waals surface area (Å²) in [4.78, 5) is 55.1. The number of nitrogens with one attached hydrogen (secondary N) is 3. The van der Waals surface area contributed by atoms with Gasteiger partial charge in [0.25, 0.3) is 11.8 Å². The zero-order valence-electron chi connectivity index (χ0n) is 28.8. The molecule has 2 aromatic rings. The van der Waals surface area contributed by atoms with E-state index in [4.69, 9.17) is 0 Å². The number of halogens is 1. The van der Waals surface area contributed by atoms with Crippen molar-refractivity contribution in [3.05, 3.63) is 53.2 Å². The summed E-state index contributed by atoms with van der Waals surface area (Å²) in [6.07, 6.45) is 11.2. The molecule has 0 spiro atoms. The molecule has 2 aliphatic carbocycles. The van der Waals surface area contributed by atoms with Crippen molar-refractivity contribution < 1.29 is 23.6 Å². The number of allylic oxidation sites excluding steroid dienone is 1. The molecule has 10 nitrogen and oxygen atoms in total. The van der Waals surface area contributed by atoms with Gasteiger partial charge in [0, 0.05) is 25.7 Å². The number of anilines is 1. The normalized spacial score (nSPS) is 21.7. The molecule has 1 aromatic heterocycles. The first-order valence-corrected chi connectivity index (χ1v) is 17.8. The monoisotopic (exact) mass is 662 g/mol. The van der Waals surface area contributed by atoms with Gasteiger partial charge in [-0.1, -0.05) is 52.5 Å². The summed E-state index contributed by atoms with van der Waals surface area (Å²) < 4.78 is 17.5. The molecule has 2 saturated carbocycles. The number of amides is 4. The van der Waals surface area contributed by atoms with Gasteiger partial charge < -0.3 is 20.9 Å². The summed E-state index contributed by atoms with van der Waals surface area (Å²) in [6.45, 7) is 8.94. The minimum Gasteiger partial charge on any atom is -0.339 e. The SMILES string of the molecule is CCC(=O)N/C(C(=O)N1CCC(C)CC1)=C(\C)c1ccc(NC(=O)[C@@H](NC(=O)c2ccnn2C2CCCC2)[C@H]2CC[C@H](C)CC2)c(F)c1. The number of hydrogen-bond donors (Lipinski definition) is 3. The van der Waals surface area contributed by atoms with Gasteiger partial charge >= 0.3 is 0 Å². The van der Waals surface area contributed by atoms with Crippen LogP contribution in [0.5, 0.6) is 0 Å². The number of nitrogens with zero attached hydrogens (tertiary/aromatic N) is 3. The van der Waals surface area contributed by atoms with E-state index in [1.54, 1.807) is 41.8 Å². The second-order valence-electron chi connectivity index (χ2n) is 14.1. The number of carbonyl (C=O) groups is 4. The Labute approximate surface area is 283 Å². The molecule has 3 fully saturated rings. The summed E-state index contributed by atoms with van der Waals surface area (Å²) in [5.41, 5.74) is 1.41. The van der Waals surface area contributed by atoms with Crippen molar-refractivity contribution in [2.24, 2.45) is 17.8 Å². The maximum absolute atomic E-state index is 15.7. The molecule has 1 aromatic carbocycles. The largest absolute Gasteiger partial charge is 0.339 e. The minimum absolute atomic E-state index is 0.0218. The quantitative estimate of drug-likeness (QED) is 0.261. The minimum atomic E-state index is -0.849. The summed E-state index contributed by atoms with van der Waals surface area (Å²) in [5, 5.41) is 12.9. The fourth-order valence-corrected chi connectivity index (χ4v) is 7.28. The Hall–Kier alpha value is -4.02. The smallest absolute Gasteiger partial charge is 0.270 e. The van der Waals surface area contributed by atoms with Crippen molar-refractivity contribution in [1.29, 1.82) is 0 Å². The number of benzene rings is 1. The van der Waals surface area contributed by atoms with Crippen LogP contribution in [0.25, 0.3) is 5.57 Å². The molecule has 0 radical (unpaired) electrons. The lowest BCUT2D eigenvalue weighted by molar-refractivity contribution is -0.130. The van der Waals surface area contributed by atoms with Gasteiger partial charge in [0.2, 0.25) is 11.8 Å². The van der Waals surface area contributed by atoms with Crippen LogP contribution in [0.2, 0.25) is 0 Å². The Morgan fingerprint density at radius 2 is 1.60 bits per heavy atom. The van der Waals surface area contributed by atoms with Crippen LogP contribution >= 0.6 is 0 Å². The zero-order chi connectivity index (χ0) is 34.4. The number of hydrogen-bond acceptors (Lipinski definition) is 5. The molecule has 1 aliphatic heterocycles. The maximum atomic E-state index is 15.7. The van der Waals surface area contributed by atoms with E-state index < -0.39 is 17.8 Å². The molecular weight excluding hydrogens is 611 g/mol. The summed E-state index contributed by atoms with van der Waals surface area (Å²) in [5.74, 6) is -1.11. The van der Waals surface area contributed by atoms with Crippen LogP contribution in [0.1, 0.15) is 120 Å².